The summed E-state index contributed by atoms with van der Waals surface area (Å²) in [4.78, 5) is 12.4. The molecule has 22 heavy (non-hydrogen) atoms. The largest absolute Gasteiger partial charge is 0.495 e. The molecular weight excluding hydrogens is 410 g/mol. The molecule has 110 valence electrons. The van der Waals surface area contributed by atoms with Crippen LogP contribution in [0.2, 0.25) is 0 Å². The highest BCUT2D eigenvalue weighted by Crippen LogP contribution is 2.34. The summed E-state index contributed by atoms with van der Waals surface area (Å²) in [7, 11) is 1.54. The third kappa shape index (κ3) is 3.65. The van der Waals surface area contributed by atoms with Crippen molar-refractivity contribution in [3.63, 3.8) is 0 Å². The molecule has 0 aliphatic carbocycles. The van der Waals surface area contributed by atoms with Crippen LogP contribution in [-0.4, -0.2) is 12.9 Å². The van der Waals surface area contributed by atoms with Crippen LogP contribution in [0.15, 0.2) is 57.0 Å². The minimum absolute atomic E-state index is 0.0505. The van der Waals surface area contributed by atoms with E-state index in [1.165, 1.54) is 13.2 Å². The van der Waals surface area contributed by atoms with Crippen LogP contribution >= 0.6 is 31.9 Å². The summed E-state index contributed by atoms with van der Waals surface area (Å²) in [6.45, 7) is 0. The first-order chi connectivity index (χ1) is 10.6. The van der Waals surface area contributed by atoms with Crippen molar-refractivity contribution in [2.75, 3.05) is 7.11 Å². The Morgan fingerprint density at radius 3 is 2.50 bits per heavy atom. The van der Waals surface area contributed by atoms with Gasteiger partial charge in [-0.1, -0.05) is 46.3 Å². The lowest BCUT2D eigenvalue weighted by Crippen LogP contribution is -2.02. The van der Waals surface area contributed by atoms with Gasteiger partial charge in [-0.2, -0.15) is 5.26 Å². The number of carbonyl (C=O) groups excluding carboxylic acids is 1. The van der Waals surface area contributed by atoms with E-state index in [1.807, 2.05) is 18.2 Å². The number of nitrogens with zero attached hydrogens (tertiary/aromatic N) is 1. The van der Waals surface area contributed by atoms with Crippen molar-refractivity contribution in [2.45, 2.75) is 0 Å². The number of carbonyl (C=O) groups is 1. The molecule has 0 saturated heterocycles. The number of methoxy groups -OCH3 is 1. The maximum atomic E-state index is 12.4. The summed E-state index contributed by atoms with van der Waals surface area (Å²) < 4.78 is 6.88. The molecule has 0 unspecified atom stereocenters. The van der Waals surface area contributed by atoms with Crippen LogP contribution in [0.1, 0.15) is 15.9 Å². The van der Waals surface area contributed by atoms with Crippen molar-refractivity contribution in [2.24, 2.45) is 0 Å². The molecule has 0 heterocycles. The molecule has 5 heteroatoms. The van der Waals surface area contributed by atoms with E-state index < -0.39 is 0 Å². The Hall–Kier alpha value is -1.90. The molecule has 0 aliphatic rings. The first-order valence-corrected chi connectivity index (χ1v) is 7.90. The lowest BCUT2D eigenvalue weighted by Gasteiger charge is -2.09. The zero-order valence-corrected chi connectivity index (χ0v) is 14.8. The summed E-state index contributed by atoms with van der Waals surface area (Å²) in [5.41, 5.74) is 1.17. The van der Waals surface area contributed by atoms with E-state index in [0.717, 1.165) is 8.95 Å². The Bertz CT molecular complexity index is 777. The molecule has 2 aromatic rings. The number of hydrogen-bond acceptors (Lipinski definition) is 3. The Morgan fingerprint density at radius 1 is 1.23 bits per heavy atom. The van der Waals surface area contributed by atoms with E-state index >= 15 is 0 Å². The molecule has 3 nitrogen and oxygen atoms in total. The number of halogens is 2. The van der Waals surface area contributed by atoms with Crippen molar-refractivity contribution < 1.29 is 9.53 Å². The van der Waals surface area contributed by atoms with E-state index in [9.17, 15) is 10.1 Å². The van der Waals surface area contributed by atoms with Crippen molar-refractivity contribution in [1.82, 2.24) is 0 Å². The van der Waals surface area contributed by atoms with Crippen LogP contribution in [0.4, 0.5) is 0 Å². The molecule has 0 amide bonds. The van der Waals surface area contributed by atoms with Gasteiger partial charge in [0.1, 0.15) is 17.4 Å². The first kappa shape index (κ1) is 16.5. The van der Waals surface area contributed by atoms with Crippen molar-refractivity contribution in [1.29, 1.82) is 5.26 Å². The van der Waals surface area contributed by atoms with Gasteiger partial charge in [0, 0.05) is 15.6 Å². The van der Waals surface area contributed by atoms with Gasteiger partial charge in [0.05, 0.1) is 11.6 Å². The Balaban J connectivity index is 2.51. The Labute approximate surface area is 145 Å². The fourth-order valence-electron chi connectivity index (χ4n) is 1.95. The zero-order valence-electron chi connectivity index (χ0n) is 11.6. The lowest BCUT2D eigenvalue weighted by atomic mass is 10.0. The van der Waals surface area contributed by atoms with Gasteiger partial charge >= 0.3 is 0 Å². The lowest BCUT2D eigenvalue weighted by molar-refractivity contribution is 0.104. The highest BCUT2D eigenvalue weighted by molar-refractivity contribution is 9.11. The molecule has 0 spiro atoms. The number of nitriles is 1. The molecule has 0 aliphatic heterocycles. The number of benzene rings is 2. The summed E-state index contributed by atoms with van der Waals surface area (Å²) in [6, 6.07) is 14.3. The van der Waals surface area contributed by atoms with Gasteiger partial charge in [-0.3, -0.25) is 4.79 Å². The fraction of sp³-hybridized carbons (Fsp3) is 0.0588. The molecule has 0 radical (unpaired) electrons. The summed E-state index contributed by atoms with van der Waals surface area (Å²) in [5, 5.41) is 9.32. The van der Waals surface area contributed by atoms with Crippen LogP contribution in [0, 0.1) is 11.3 Å². The second-order valence-corrected chi connectivity index (χ2v) is 6.15. The molecule has 0 saturated carbocycles. The first-order valence-electron chi connectivity index (χ1n) is 6.31. The molecule has 0 aromatic heterocycles. The monoisotopic (exact) mass is 419 g/mol. The van der Waals surface area contributed by atoms with Crippen molar-refractivity contribution >= 4 is 43.7 Å². The second-order valence-electron chi connectivity index (χ2n) is 4.38. The van der Waals surface area contributed by atoms with Crippen LogP contribution in [0.25, 0.3) is 6.08 Å². The fourth-order valence-corrected chi connectivity index (χ4v) is 3.37. The summed E-state index contributed by atoms with van der Waals surface area (Å²) >= 11 is 6.79. The minimum Gasteiger partial charge on any atom is -0.495 e. The normalized spacial score (nSPS) is 10.9. The Kier molecular flexibility index (Phi) is 5.53. The van der Waals surface area contributed by atoms with Gasteiger partial charge < -0.3 is 4.74 Å². The van der Waals surface area contributed by atoms with Gasteiger partial charge in [-0.15, -0.1) is 0 Å². The third-order valence-corrected chi connectivity index (χ3v) is 3.99. The topological polar surface area (TPSA) is 50.1 Å². The summed E-state index contributed by atoms with van der Waals surface area (Å²) in [6.07, 6.45) is 1.53. The SMILES string of the molecule is COc1c(Br)cc(Br)cc1/C=C(\C#N)C(=O)c1ccccc1. The number of hydrogen-bond donors (Lipinski definition) is 0. The number of ketones is 1. The van der Waals surface area contributed by atoms with Gasteiger partial charge in [0.15, 0.2) is 0 Å². The molecule has 0 bridgehead atoms. The maximum Gasteiger partial charge on any atom is 0.203 e. The number of rotatable bonds is 4. The molecule has 0 N–H and O–H groups in total. The molecule has 2 aromatic carbocycles. The van der Waals surface area contributed by atoms with Crippen LogP contribution in [0.5, 0.6) is 5.75 Å². The number of Topliss-reactive ketones (excluding diaryl/α,β-unsaturated/α-hetero) is 1. The van der Waals surface area contributed by atoms with E-state index in [-0.39, 0.29) is 11.4 Å². The van der Waals surface area contributed by atoms with Gasteiger partial charge in [-0.05, 0) is 34.1 Å². The third-order valence-electron chi connectivity index (χ3n) is 2.94. The average Bonchev–Trinajstić information content (AvgIpc) is 2.52. The smallest absolute Gasteiger partial charge is 0.203 e. The van der Waals surface area contributed by atoms with Gasteiger partial charge in [0.25, 0.3) is 0 Å². The minimum atomic E-state index is -0.318. The average molecular weight is 421 g/mol. The molecule has 2 rings (SSSR count). The van der Waals surface area contributed by atoms with E-state index in [1.54, 1.807) is 30.3 Å². The number of ether oxygens (including phenoxy) is 1. The van der Waals surface area contributed by atoms with E-state index in [2.05, 4.69) is 31.9 Å². The predicted molar refractivity (Wildman–Crippen MR) is 92.8 cm³/mol. The predicted octanol–water partition coefficient (Wildman–Crippen LogP) is 5.01. The van der Waals surface area contributed by atoms with Crippen LogP contribution in [0.3, 0.4) is 0 Å². The van der Waals surface area contributed by atoms with Crippen molar-refractivity contribution in [3.8, 4) is 11.8 Å². The summed E-state index contributed by atoms with van der Waals surface area (Å²) in [5.74, 6) is 0.248. The highest BCUT2D eigenvalue weighted by Gasteiger charge is 2.14. The number of allylic oxidation sites excluding steroid dienone is 1. The van der Waals surface area contributed by atoms with E-state index in [4.69, 9.17) is 4.74 Å². The van der Waals surface area contributed by atoms with Gasteiger partial charge in [-0.25, -0.2) is 0 Å². The quantitative estimate of drug-likeness (QED) is 0.396. The van der Waals surface area contributed by atoms with Crippen LogP contribution in [-0.2, 0) is 0 Å². The van der Waals surface area contributed by atoms with Crippen molar-refractivity contribution in [3.05, 3.63) is 68.1 Å². The molecule has 0 atom stereocenters. The standard InChI is InChI=1S/C17H11Br2NO2/c1-22-17-12(8-14(18)9-15(17)19)7-13(10-20)16(21)11-5-3-2-4-6-11/h2-9H,1H3/b13-7+. The molecular formula is C17H11Br2NO2. The zero-order chi connectivity index (χ0) is 16.1. The maximum absolute atomic E-state index is 12.4. The van der Waals surface area contributed by atoms with Crippen LogP contribution < -0.4 is 4.74 Å². The van der Waals surface area contributed by atoms with E-state index in [0.29, 0.717) is 16.9 Å². The molecule has 0 fully saturated rings. The Morgan fingerprint density at radius 2 is 1.91 bits per heavy atom. The highest BCUT2D eigenvalue weighted by atomic mass is 79.9. The second kappa shape index (κ2) is 7.39. The van der Waals surface area contributed by atoms with Gasteiger partial charge in [0.2, 0.25) is 5.78 Å².